The highest BCUT2D eigenvalue weighted by Gasteiger charge is 2.11. The number of nitrogens with one attached hydrogen (secondary N) is 1. The van der Waals surface area contributed by atoms with E-state index in [0.717, 1.165) is 37.0 Å². The molecule has 0 saturated heterocycles. The molecule has 1 N–H and O–H groups in total. The molecule has 19 heavy (non-hydrogen) atoms. The highest BCUT2D eigenvalue weighted by atomic mass is 32.1. The molecule has 4 rings (SSSR count). The number of nitrogens with zero attached hydrogens (tertiary/aromatic N) is 1. The van der Waals surface area contributed by atoms with Crippen LogP contribution in [-0.4, -0.2) is 9.97 Å². The van der Waals surface area contributed by atoms with Crippen LogP contribution in [0, 0.1) is 6.92 Å². The van der Waals surface area contributed by atoms with Gasteiger partial charge in [-0.2, -0.15) is 0 Å². The van der Waals surface area contributed by atoms with E-state index in [2.05, 4.69) is 9.97 Å². The second-order valence-corrected chi connectivity index (χ2v) is 5.77. The van der Waals surface area contributed by atoms with Gasteiger partial charge in [-0.15, -0.1) is 11.3 Å². The molecule has 92 valence electrons. The van der Waals surface area contributed by atoms with E-state index in [-0.39, 0.29) is 5.43 Å². The van der Waals surface area contributed by atoms with Crippen LogP contribution in [-0.2, 0) is 0 Å². The van der Waals surface area contributed by atoms with Crippen LogP contribution in [0.5, 0.6) is 0 Å². The second kappa shape index (κ2) is 3.65. The maximum absolute atomic E-state index is 12.7. The first-order valence-electron chi connectivity index (χ1n) is 6.05. The summed E-state index contributed by atoms with van der Waals surface area (Å²) in [6.07, 6.45) is 0. The molecular weight excluding hydrogens is 256 g/mol. The monoisotopic (exact) mass is 266 g/mol. The quantitative estimate of drug-likeness (QED) is 0.494. The van der Waals surface area contributed by atoms with E-state index in [4.69, 9.17) is 0 Å². The van der Waals surface area contributed by atoms with Crippen molar-refractivity contribution in [1.29, 1.82) is 0 Å². The predicted octanol–water partition coefficient (Wildman–Crippen LogP) is 3.60. The molecule has 0 spiro atoms. The summed E-state index contributed by atoms with van der Waals surface area (Å²) in [5.74, 6) is 0. The molecule has 4 aromatic rings. The minimum absolute atomic E-state index is 0.0820. The molecule has 0 fully saturated rings. The average molecular weight is 266 g/mol. The lowest BCUT2D eigenvalue weighted by Crippen LogP contribution is -2.03. The van der Waals surface area contributed by atoms with Crippen molar-refractivity contribution in [3.63, 3.8) is 0 Å². The van der Waals surface area contributed by atoms with Crippen molar-refractivity contribution in [2.24, 2.45) is 0 Å². The van der Waals surface area contributed by atoms with Crippen LogP contribution in [0.3, 0.4) is 0 Å². The number of hydrogen-bond acceptors (Lipinski definition) is 3. The Kier molecular flexibility index (Phi) is 2.05. The zero-order valence-electron chi connectivity index (χ0n) is 10.2. The Morgan fingerprint density at radius 1 is 1.11 bits per heavy atom. The Balaban J connectivity index is 2.36. The summed E-state index contributed by atoms with van der Waals surface area (Å²) in [5.41, 5.74) is 2.73. The SMILES string of the molecule is Cc1nc2ccc3[nH]c4ccccc4c(=O)c3c2s1. The smallest absolute Gasteiger partial charge is 0.198 e. The van der Waals surface area contributed by atoms with Gasteiger partial charge in [0.2, 0.25) is 0 Å². The van der Waals surface area contributed by atoms with Crippen LogP contribution in [0.4, 0.5) is 0 Å². The molecule has 0 radical (unpaired) electrons. The number of fused-ring (bicyclic) bond motifs is 4. The van der Waals surface area contributed by atoms with Crippen LogP contribution in [0.1, 0.15) is 5.01 Å². The normalized spacial score (nSPS) is 11.6. The molecule has 0 saturated carbocycles. The number of aryl methyl sites for hydroxylation is 1. The van der Waals surface area contributed by atoms with E-state index >= 15 is 0 Å². The lowest BCUT2D eigenvalue weighted by molar-refractivity contribution is 1.35. The third-order valence-corrected chi connectivity index (χ3v) is 4.34. The highest BCUT2D eigenvalue weighted by Crippen LogP contribution is 2.28. The van der Waals surface area contributed by atoms with Crippen LogP contribution in [0.2, 0.25) is 0 Å². The first-order valence-corrected chi connectivity index (χ1v) is 6.86. The van der Waals surface area contributed by atoms with E-state index in [9.17, 15) is 4.79 Å². The van der Waals surface area contributed by atoms with Crippen molar-refractivity contribution >= 4 is 43.4 Å². The molecule has 2 aromatic heterocycles. The Morgan fingerprint density at radius 3 is 2.84 bits per heavy atom. The van der Waals surface area contributed by atoms with Gasteiger partial charge >= 0.3 is 0 Å². The first kappa shape index (κ1) is 10.7. The summed E-state index contributed by atoms with van der Waals surface area (Å²) in [5, 5.41) is 2.46. The van der Waals surface area contributed by atoms with Crippen LogP contribution < -0.4 is 5.43 Å². The van der Waals surface area contributed by atoms with Gasteiger partial charge in [0.05, 0.1) is 26.1 Å². The summed E-state index contributed by atoms with van der Waals surface area (Å²) >= 11 is 1.57. The fourth-order valence-electron chi connectivity index (χ4n) is 2.50. The number of thiazole rings is 1. The summed E-state index contributed by atoms with van der Waals surface area (Å²) < 4.78 is 0.974. The maximum atomic E-state index is 12.7. The summed E-state index contributed by atoms with van der Waals surface area (Å²) in [4.78, 5) is 20.5. The van der Waals surface area contributed by atoms with Gasteiger partial charge in [0.1, 0.15) is 0 Å². The Morgan fingerprint density at radius 2 is 1.95 bits per heavy atom. The van der Waals surface area contributed by atoms with Gasteiger partial charge < -0.3 is 4.98 Å². The first-order chi connectivity index (χ1) is 9.24. The Hall–Kier alpha value is -2.20. The van der Waals surface area contributed by atoms with Crippen molar-refractivity contribution in [3.8, 4) is 0 Å². The Bertz CT molecular complexity index is 997. The number of benzene rings is 2. The number of H-pyrrole nitrogens is 1. The minimum atomic E-state index is 0.0820. The lowest BCUT2D eigenvalue weighted by Gasteiger charge is -2.02. The molecule has 0 aliphatic carbocycles. The van der Waals surface area contributed by atoms with Gasteiger partial charge in [0.25, 0.3) is 0 Å². The molecule has 3 nitrogen and oxygen atoms in total. The van der Waals surface area contributed by atoms with Crippen LogP contribution in [0.25, 0.3) is 32.0 Å². The van der Waals surface area contributed by atoms with E-state index < -0.39 is 0 Å². The van der Waals surface area contributed by atoms with Crippen LogP contribution in [0.15, 0.2) is 41.2 Å². The van der Waals surface area contributed by atoms with Gasteiger partial charge in [0, 0.05) is 10.9 Å². The van der Waals surface area contributed by atoms with E-state index in [1.54, 1.807) is 11.3 Å². The molecule has 0 atom stereocenters. The fraction of sp³-hybridized carbons (Fsp3) is 0.0667. The number of rotatable bonds is 0. The topological polar surface area (TPSA) is 45.8 Å². The summed E-state index contributed by atoms with van der Waals surface area (Å²) in [6, 6.07) is 11.5. The molecule has 0 unspecified atom stereocenters. The van der Waals surface area contributed by atoms with Gasteiger partial charge in [0.15, 0.2) is 5.43 Å². The van der Waals surface area contributed by atoms with Crippen molar-refractivity contribution in [2.75, 3.05) is 0 Å². The minimum Gasteiger partial charge on any atom is -0.354 e. The lowest BCUT2D eigenvalue weighted by atomic mass is 10.1. The standard InChI is InChI=1S/C15H10N2OS/c1-8-16-12-7-6-11-13(15(12)19-8)14(18)9-4-2-3-5-10(9)17-11/h2-7H,1H3,(H,17,18). The van der Waals surface area contributed by atoms with Gasteiger partial charge in [-0.1, -0.05) is 12.1 Å². The van der Waals surface area contributed by atoms with Crippen molar-refractivity contribution in [3.05, 3.63) is 51.6 Å². The van der Waals surface area contributed by atoms with E-state index in [0.29, 0.717) is 0 Å². The van der Waals surface area contributed by atoms with E-state index in [1.165, 1.54) is 0 Å². The number of pyridine rings is 1. The number of para-hydroxylation sites is 1. The third-order valence-electron chi connectivity index (χ3n) is 3.33. The molecule has 0 aliphatic heterocycles. The predicted molar refractivity (Wildman–Crippen MR) is 80.0 cm³/mol. The fourth-order valence-corrected chi connectivity index (χ4v) is 3.47. The molecule has 2 heterocycles. The maximum Gasteiger partial charge on any atom is 0.198 e. The van der Waals surface area contributed by atoms with E-state index in [1.807, 2.05) is 43.3 Å². The van der Waals surface area contributed by atoms with Crippen LogP contribution >= 0.6 is 11.3 Å². The number of aromatic amines is 1. The average Bonchev–Trinajstić information content (AvgIpc) is 2.79. The molecular formula is C15H10N2OS. The zero-order valence-corrected chi connectivity index (χ0v) is 11.0. The molecule has 4 heteroatoms. The van der Waals surface area contributed by atoms with Gasteiger partial charge in [-0.05, 0) is 31.2 Å². The third kappa shape index (κ3) is 1.43. The van der Waals surface area contributed by atoms with Crippen molar-refractivity contribution < 1.29 is 0 Å². The molecule has 0 bridgehead atoms. The van der Waals surface area contributed by atoms with Gasteiger partial charge in [-0.3, -0.25) is 4.79 Å². The molecule has 0 aliphatic rings. The summed E-state index contributed by atoms with van der Waals surface area (Å²) in [7, 11) is 0. The molecule has 2 aromatic carbocycles. The largest absolute Gasteiger partial charge is 0.354 e. The zero-order chi connectivity index (χ0) is 13.0. The number of hydrogen-bond donors (Lipinski definition) is 1. The second-order valence-electron chi connectivity index (χ2n) is 4.57. The summed E-state index contributed by atoms with van der Waals surface area (Å²) in [6.45, 7) is 1.96. The van der Waals surface area contributed by atoms with Crippen molar-refractivity contribution in [1.82, 2.24) is 9.97 Å². The Labute approximate surface area is 112 Å². The van der Waals surface area contributed by atoms with Gasteiger partial charge in [-0.25, -0.2) is 4.98 Å². The number of aromatic nitrogens is 2. The highest BCUT2D eigenvalue weighted by molar-refractivity contribution is 7.19. The molecule has 0 amide bonds. The van der Waals surface area contributed by atoms with Crippen molar-refractivity contribution in [2.45, 2.75) is 6.92 Å².